The van der Waals surface area contributed by atoms with Gasteiger partial charge in [-0.1, -0.05) is 79.2 Å². The maximum atomic E-state index is 3.69. The maximum Gasteiger partial charge on any atom is 0.287 e. The van der Waals surface area contributed by atoms with Crippen LogP contribution in [-0.4, -0.2) is 17.0 Å². The highest BCUT2D eigenvalue weighted by molar-refractivity contribution is 6.55. The van der Waals surface area contributed by atoms with Crippen LogP contribution in [0.2, 0.25) is 0 Å². The van der Waals surface area contributed by atoms with Crippen LogP contribution in [-0.2, 0) is 12.8 Å². The van der Waals surface area contributed by atoms with E-state index in [0.717, 1.165) is 19.3 Å². The molecule has 0 spiro atoms. The fourth-order valence-electron chi connectivity index (χ4n) is 7.05. The van der Waals surface area contributed by atoms with E-state index in [9.17, 15) is 0 Å². The van der Waals surface area contributed by atoms with E-state index < -0.39 is 0 Å². The first kappa shape index (κ1) is 24.1. The minimum atomic E-state index is 0.350. The summed E-state index contributed by atoms with van der Waals surface area (Å²) in [6.07, 6.45) is 19.2. The zero-order valence-corrected chi connectivity index (χ0v) is 23.3. The zero-order valence-electron chi connectivity index (χ0n) is 23.3. The summed E-state index contributed by atoms with van der Waals surface area (Å²) in [7, 11) is 2.41. The van der Waals surface area contributed by atoms with E-state index in [4.69, 9.17) is 0 Å². The maximum absolute atomic E-state index is 3.69. The van der Waals surface area contributed by atoms with Crippen molar-refractivity contribution in [3.05, 3.63) is 118 Å². The number of aryl methyl sites for hydroxylation is 2. The van der Waals surface area contributed by atoms with Crippen molar-refractivity contribution in [1.82, 2.24) is 9.55 Å². The number of anilines is 2. The van der Waals surface area contributed by atoms with Gasteiger partial charge in [-0.2, -0.15) is 0 Å². The van der Waals surface area contributed by atoms with Gasteiger partial charge in [-0.25, -0.2) is 0 Å². The molecular formula is C35H35BN3. The molecular weight excluding hydrogens is 473 g/mol. The average Bonchev–Trinajstić information content (AvgIpc) is 3.44. The van der Waals surface area contributed by atoms with Crippen molar-refractivity contribution in [1.29, 1.82) is 0 Å². The lowest BCUT2D eigenvalue weighted by Gasteiger charge is -2.39. The van der Waals surface area contributed by atoms with Gasteiger partial charge in [0, 0.05) is 34.1 Å². The molecule has 3 heterocycles. The first-order valence-electron chi connectivity index (χ1n) is 14.3. The number of nitrogens with one attached hydrogen (secondary N) is 1. The summed E-state index contributed by atoms with van der Waals surface area (Å²) in [6.45, 7) is 8.83. The molecule has 1 radical (unpaired) electrons. The van der Waals surface area contributed by atoms with Crippen LogP contribution in [0.1, 0.15) is 71.6 Å². The van der Waals surface area contributed by atoms with Gasteiger partial charge in [0.2, 0.25) is 0 Å². The topological polar surface area (TPSA) is 24.0 Å². The molecule has 4 aromatic rings. The Bertz CT molecular complexity index is 1720. The molecule has 7 rings (SSSR count). The van der Waals surface area contributed by atoms with E-state index in [1.165, 1.54) is 67.1 Å². The van der Waals surface area contributed by atoms with Crippen LogP contribution < -0.4 is 4.81 Å². The van der Waals surface area contributed by atoms with E-state index >= 15 is 0 Å². The Morgan fingerprint density at radius 1 is 1.05 bits per heavy atom. The monoisotopic (exact) mass is 508 g/mol. The number of fused-ring (bicyclic) bond motifs is 5. The van der Waals surface area contributed by atoms with Crippen molar-refractivity contribution < 1.29 is 0 Å². The minimum Gasteiger partial charge on any atom is -0.384 e. The Morgan fingerprint density at radius 3 is 2.69 bits per heavy atom. The van der Waals surface area contributed by atoms with E-state index in [0.29, 0.717) is 12.0 Å². The van der Waals surface area contributed by atoms with Crippen molar-refractivity contribution in [3.63, 3.8) is 0 Å². The number of allylic oxidation sites excluding steroid dienone is 6. The SMILES string of the molecule is C/C=C\c1c2c(n(C3C=CC=CC3)c1CC)C=C1[B]N(c3cccc4c(C)c(C)[nH]c34)c3ccccc3C1C2. The number of H-pyrrole nitrogens is 1. The smallest absolute Gasteiger partial charge is 0.287 e. The number of nitrogens with zero attached hydrogens (tertiary/aromatic N) is 2. The predicted octanol–water partition coefficient (Wildman–Crippen LogP) is 8.69. The van der Waals surface area contributed by atoms with E-state index in [2.05, 4.69) is 134 Å². The summed E-state index contributed by atoms with van der Waals surface area (Å²) < 4.78 is 2.63. The number of aromatic nitrogens is 2. The molecule has 2 aliphatic carbocycles. The van der Waals surface area contributed by atoms with Gasteiger partial charge in [-0.15, -0.1) is 0 Å². The van der Waals surface area contributed by atoms with Crippen molar-refractivity contribution in [3.8, 4) is 0 Å². The number of hydrogen-bond acceptors (Lipinski definition) is 1. The second kappa shape index (κ2) is 9.38. The largest absolute Gasteiger partial charge is 0.384 e. The van der Waals surface area contributed by atoms with Crippen molar-refractivity contribution >= 4 is 41.8 Å². The van der Waals surface area contributed by atoms with Crippen LogP contribution in [0.15, 0.2) is 78.3 Å². The Kier molecular flexibility index (Phi) is 5.80. The highest BCUT2D eigenvalue weighted by atomic mass is 15.1. The predicted molar refractivity (Wildman–Crippen MR) is 167 cm³/mol. The Balaban J connectivity index is 1.43. The summed E-state index contributed by atoms with van der Waals surface area (Å²) in [4.78, 5) is 6.11. The molecule has 193 valence electrons. The van der Waals surface area contributed by atoms with Gasteiger partial charge >= 0.3 is 0 Å². The summed E-state index contributed by atoms with van der Waals surface area (Å²) in [5.41, 5.74) is 14.8. The summed E-state index contributed by atoms with van der Waals surface area (Å²) in [5, 5.41) is 1.30. The molecule has 1 aliphatic heterocycles. The number of rotatable bonds is 4. The molecule has 0 bridgehead atoms. The molecule has 2 atom stereocenters. The lowest BCUT2D eigenvalue weighted by molar-refractivity contribution is 0.579. The normalized spacial score (nSPS) is 19.7. The third-order valence-electron chi connectivity index (χ3n) is 9.00. The van der Waals surface area contributed by atoms with Gasteiger partial charge in [-0.05, 0) is 80.5 Å². The molecule has 1 N–H and O–H groups in total. The van der Waals surface area contributed by atoms with Gasteiger partial charge in [0.25, 0.3) is 7.41 Å². The zero-order chi connectivity index (χ0) is 26.7. The first-order valence-corrected chi connectivity index (χ1v) is 14.3. The lowest BCUT2D eigenvalue weighted by Crippen LogP contribution is -2.34. The molecule has 3 aliphatic rings. The molecule has 39 heavy (non-hydrogen) atoms. The van der Waals surface area contributed by atoms with Crippen LogP contribution in [0.5, 0.6) is 0 Å². The fourth-order valence-corrected chi connectivity index (χ4v) is 7.05. The van der Waals surface area contributed by atoms with E-state index in [-0.39, 0.29) is 0 Å². The lowest BCUT2D eigenvalue weighted by atomic mass is 9.61. The summed E-state index contributed by atoms with van der Waals surface area (Å²) >= 11 is 0. The minimum absolute atomic E-state index is 0.350. The summed E-state index contributed by atoms with van der Waals surface area (Å²) in [6, 6.07) is 16.0. The van der Waals surface area contributed by atoms with Gasteiger partial charge in [0.15, 0.2) is 0 Å². The number of hydrogen-bond donors (Lipinski definition) is 1. The molecule has 0 saturated heterocycles. The third-order valence-corrected chi connectivity index (χ3v) is 9.00. The molecule has 0 amide bonds. The van der Waals surface area contributed by atoms with Crippen LogP contribution in [0, 0.1) is 13.8 Å². The number of aromatic amines is 1. The number of para-hydroxylation sites is 2. The molecule has 2 unspecified atom stereocenters. The fraction of sp³-hybridized carbons (Fsp3) is 0.257. The van der Waals surface area contributed by atoms with Crippen molar-refractivity contribution in [2.24, 2.45) is 0 Å². The van der Waals surface area contributed by atoms with Crippen LogP contribution in [0.25, 0.3) is 23.1 Å². The van der Waals surface area contributed by atoms with Crippen molar-refractivity contribution in [2.75, 3.05) is 4.81 Å². The Labute approximate surface area is 232 Å². The van der Waals surface area contributed by atoms with Gasteiger partial charge < -0.3 is 14.4 Å². The number of benzene rings is 2. The average molecular weight is 508 g/mol. The highest BCUT2D eigenvalue weighted by Gasteiger charge is 2.37. The first-order chi connectivity index (χ1) is 19.1. The molecule has 3 nitrogen and oxygen atoms in total. The Morgan fingerprint density at radius 2 is 1.90 bits per heavy atom. The second-order valence-electron chi connectivity index (χ2n) is 11.1. The third kappa shape index (κ3) is 3.65. The van der Waals surface area contributed by atoms with Crippen LogP contribution in [0.3, 0.4) is 0 Å². The second-order valence-corrected chi connectivity index (χ2v) is 11.1. The quantitative estimate of drug-likeness (QED) is 0.274. The molecule has 0 saturated carbocycles. The van der Waals surface area contributed by atoms with Crippen LogP contribution in [0.4, 0.5) is 11.4 Å². The Hall–Kier alpha value is -3.92. The highest BCUT2D eigenvalue weighted by Crippen LogP contribution is 2.49. The van der Waals surface area contributed by atoms with Gasteiger partial charge in [-0.3, -0.25) is 0 Å². The van der Waals surface area contributed by atoms with Crippen LogP contribution >= 0.6 is 0 Å². The van der Waals surface area contributed by atoms with Gasteiger partial charge in [0.1, 0.15) is 0 Å². The molecule has 0 fully saturated rings. The standard InChI is InChI=1S/C35H35BN3/c1-5-13-26-29-20-28-27-16-10-11-18-32(27)39(33-19-12-17-25-22(3)23(4)37-35(25)33)36-30(28)21-34(29)38(31(26)6-2)24-14-8-7-9-15-24/h5,7-14,16-19,21,24,28,37H,6,15,20H2,1-4H3/b13-5-. The molecule has 2 aromatic heterocycles. The molecule has 4 heteroatoms. The van der Waals surface area contributed by atoms with E-state index in [1.807, 2.05) is 0 Å². The van der Waals surface area contributed by atoms with E-state index in [1.54, 1.807) is 0 Å². The van der Waals surface area contributed by atoms with Gasteiger partial charge in [0.05, 0.1) is 17.2 Å². The summed E-state index contributed by atoms with van der Waals surface area (Å²) in [5.74, 6) is 0.350. The van der Waals surface area contributed by atoms with Crippen molar-refractivity contribution in [2.45, 2.75) is 58.9 Å². The molecule has 2 aromatic carbocycles.